The quantitative estimate of drug-likeness (QED) is 0.228. The maximum atomic E-state index is 13.2. The highest BCUT2D eigenvalue weighted by Gasteiger charge is 2.28. The van der Waals surface area contributed by atoms with Gasteiger partial charge in [-0.3, -0.25) is 14.5 Å². The molecule has 39 heavy (non-hydrogen) atoms. The summed E-state index contributed by atoms with van der Waals surface area (Å²) in [4.78, 5) is 37.8. The summed E-state index contributed by atoms with van der Waals surface area (Å²) < 4.78 is 0. The molecular weight excluding hydrogens is 528 g/mol. The number of hydrogen-bond acceptors (Lipinski definition) is 5. The molecule has 4 aromatic rings. The predicted molar refractivity (Wildman–Crippen MR) is 157 cm³/mol. The second-order valence-corrected chi connectivity index (χ2v) is 11.1. The minimum atomic E-state index is -0.253. The minimum Gasteiger partial charge on any atom is -0.340 e. The van der Waals surface area contributed by atoms with Crippen molar-refractivity contribution in [1.29, 1.82) is 0 Å². The zero-order chi connectivity index (χ0) is 27.2. The van der Waals surface area contributed by atoms with Crippen LogP contribution in [0.3, 0.4) is 0 Å². The van der Waals surface area contributed by atoms with Gasteiger partial charge in [0.25, 0.3) is 5.56 Å². The van der Waals surface area contributed by atoms with Gasteiger partial charge in [-0.2, -0.15) is 0 Å². The van der Waals surface area contributed by atoms with Crippen LogP contribution < -0.4 is 5.56 Å². The van der Waals surface area contributed by atoms with Crippen LogP contribution in [0.5, 0.6) is 0 Å². The lowest BCUT2D eigenvalue weighted by atomic mass is 9.96. The maximum Gasteiger partial charge on any atom is 0.255 e. The van der Waals surface area contributed by atoms with Gasteiger partial charge in [-0.05, 0) is 35.7 Å². The number of piperazine rings is 1. The second-order valence-electron chi connectivity index (χ2n) is 9.67. The van der Waals surface area contributed by atoms with E-state index in [0.29, 0.717) is 40.3 Å². The van der Waals surface area contributed by atoms with Crippen LogP contribution in [0.2, 0.25) is 5.02 Å². The molecule has 8 heteroatoms. The number of nitrogens with zero attached hydrogens (tertiary/aromatic N) is 3. The molecule has 0 unspecified atom stereocenters. The Morgan fingerprint density at radius 1 is 0.949 bits per heavy atom. The van der Waals surface area contributed by atoms with E-state index in [-0.39, 0.29) is 23.9 Å². The van der Waals surface area contributed by atoms with Gasteiger partial charge in [0.2, 0.25) is 5.91 Å². The number of rotatable bonds is 8. The van der Waals surface area contributed by atoms with E-state index in [2.05, 4.69) is 63.4 Å². The van der Waals surface area contributed by atoms with Crippen molar-refractivity contribution in [3.63, 3.8) is 0 Å². The Labute approximate surface area is 238 Å². The fourth-order valence-corrected chi connectivity index (χ4v) is 6.08. The highest BCUT2D eigenvalue weighted by atomic mass is 35.5. The molecule has 1 N–H and O–H groups in total. The van der Waals surface area contributed by atoms with Crippen LogP contribution in [0.1, 0.15) is 34.0 Å². The molecule has 1 fully saturated rings. The number of thioether (sulfide) groups is 1. The molecule has 1 saturated heterocycles. The third-order valence-corrected chi connectivity index (χ3v) is 8.24. The summed E-state index contributed by atoms with van der Waals surface area (Å²) >= 11 is 7.51. The number of amides is 1. The molecule has 5 rings (SSSR count). The smallest absolute Gasteiger partial charge is 0.255 e. The fraction of sp³-hybridized carbons (Fsp3) is 0.258. The first-order valence-corrected chi connectivity index (χ1v) is 14.4. The summed E-state index contributed by atoms with van der Waals surface area (Å²) in [6, 6.07) is 28.7. The van der Waals surface area contributed by atoms with Crippen LogP contribution >= 0.6 is 23.4 Å². The van der Waals surface area contributed by atoms with E-state index in [1.54, 1.807) is 6.92 Å². The first kappa shape index (κ1) is 27.2. The number of H-pyrrole nitrogens is 1. The number of aromatic nitrogens is 2. The van der Waals surface area contributed by atoms with Crippen LogP contribution in [0.25, 0.3) is 0 Å². The molecule has 0 spiro atoms. The van der Waals surface area contributed by atoms with Crippen molar-refractivity contribution in [2.75, 3.05) is 26.2 Å². The Bertz CT molecular complexity index is 1430. The number of nitrogens with one attached hydrogen (secondary N) is 1. The van der Waals surface area contributed by atoms with E-state index >= 15 is 0 Å². The van der Waals surface area contributed by atoms with Crippen LogP contribution in [-0.2, 0) is 17.0 Å². The molecule has 1 amide bonds. The van der Waals surface area contributed by atoms with Gasteiger partial charge in [0.05, 0.1) is 12.5 Å². The molecule has 200 valence electrons. The summed E-state index contributed by atoms with van der Waals surface area (Å²) in [6.07, 6.45) is 0.0498. The Hall–Kier alpha value is -3.39. The topological polar surface area (TPSA) is 69.3 Å². The average Bonchev–Trinajstić information content (AvgIpc) is 2.95. The molecule has 0 atom stereocenters. The van der Waals surface area contributed by atoms with E-state index < -0.39 is 0 Å². The average molecular weight is 559 g/mol. The Morgan fingerprint density at radius 2 is 1.59 bits per heavy atom. The number of hydrogen-bond donors (Lipinski definition) is 1. The largest absolute Gasteiger partial charge is 0.340 e. The minimum absolute atomic E-state index is 0.0413. The lowest BCUT2D eigenvalue weighted by Gasteiger charge is -2.39. The molecule has 1 aliphatic rings. The summed E-state index contributed by atoms with van der Waals surface area (Å²) in [7, 11) is 0. The van der Waals surface area contributed by atoms with E-state index in [1.807, 2.05) is 41.3 Å². The van der Waals surface area contributed by atoms with E-state index in [0.717, 1.165) is 18.7 Å². The molecule has 1 aliphatic heterocycles. The number of carbonyl (C=O) groups is 1. The first-order chi connectivity index (χ1) is 19.0. The number of aromatic amines is 1. The van der Waals surface area contributed by atoms with E-state index in [1.165, 1.54) is 22.9 Å². The second kappa shape index (κ2) is 12.6. The Morgan fingerprint density at radius 3 is 2.18 bits per heavy atom. The third kappa shape index (κ3) is 6.79. The van der Waals surface area contributed by atoms with Gasteiger partial charge in [-0.15, -0.1) is 0 Å². The highest BCUT2D eigenvalue weighted by Crippen LogP contribution is 2.29. The first-order valence-electron chi connectivity index (χ1n) is 13.1. The summed E-state index contributed by atoms with van der Waals surface area (Å²) in [5.74, 6) is 0.596. The maximum absolute atomic E-state index is 13.2. The predicted octanol–water partition coefficient (Wildman–Crippen LogP) is 5.50. The SMILES string of the molecule is Cc1nc(SCc2cccc(Cl)c2)[nH]c(=O)c1CC(=O)N1CCN(C(c2ccccc2)c2ccccc2)CC1. The lowest BCUT2D eigenvalue weighted by molar-refractivity contribution is -0.132. The lowest BCUT2D eigenvalue weighted by Crippen LogP contribution is -2.50. The molecular formula is C31H31ClN4O2S. The molecule has 0 aliphatic carbocycles. The summed E-state index contributed by atoms with van der Waals surface area (Å²) in [5.41, 5.74) is 4.30. The van der Waals surface area contributed by atoms with Gasteiger partial charge in [0.15, 0.2) is 5.16 Å². The van der Waals surface area contributed by atoms with E-state index in [9.17, 15) is 9.59 Å². The van der Waals surface area contributed by atoms with Crippen molar-refractivity contribution in [3.8, 4) is 0 Å². The van der Waals surface area contributed by atoms with Crippen LogP contribution in [0.4, 0.5) is 0 Å². The molecule has 0 saturated carbocycles. The molecule has 0 bridgehead atoms. The number of halogens is 1. The van der Waals surface area contributed by atoms with Crippen molar-refractivity contribution < 1.29 is 4.79 Å². The fourth-order valence-electron chi connectivity index (χ4n) is 5.02. The van der Waals surface area contributed by atoms with Crippen molar-refractivity contribution in [2.45, 2.75) is 30.3 Å². The molecule has 1 aromatic heterocycles. The molecule has 0 radical (unpaired) electrons. The number of aryl methyl sites for hydroxylation is 1. The van der Waals surface area contributed by atoms with Gasteiger partial charge in [0, 0.05) is 48.2 Å². The highest BCUT2D eigenvalue weighted by molar-refractivity contribution is 7.98. The Balaban J connectivity index is 1.22. The van der Waals surface area contributed by atoms with Crippen LogP contribution in [0, 0.1) is 6.92 Å². The monoisotopic (exact) mass is 558 g/mol. The van der Waals surface area contributed by atoms with Crippen LogP contribution in [-0.4, -0.2) is 51.9 Å². The van der Waals surface area contributed by atoms with Crippen molar-refractivity contribution in [1.82, 2.24) is 19.8 Å². The zero-order valence-corrected chi connectivity index (χ0v) is 23.4. The zero-order valence-electron chi connectivity index (χ0n) is 21.8. The molecule has 3 aromatic carbocycles. The van der Waals surface area contributed by atoms with Gasteiger partial charge in [-0.1, -0.05) is 96.2 Å². The van der Waals surface area contributed by atoms with E-state index in [4.69, 9.17) is 11.6 Å². The molecule has 6 nitrogen and oxygen atoms in total. The van der Waals surface area contributed by atoms with Gasteiger partial charge >= 0.3 is 0 Å². The van der Waals surface area contributed by atoms with Crippen molar-refractivity contribution in [2.24, 2.45) is 0 Å². The van der Waals surface area contributed by atoms with Crippen molar-refractivity contribution >= 4 is 29.3 Å². The number of carbonyl (C=O) groups excluding carboxylic acids is 1. The number of benzene rings is 3. The standard InChI is InChI=1S/C31H31ClN4O2S/c1-22-27(30(38)34-31(33-22)39-21-23-9-8-14-26(32)19-23)20-28(37)35-15-17-36(18-16-35)29(24-10-4-2-5-11-24)25-12-6-3-7-13-25/h2-14,19,29H,15-18,20-21H2,1H3,(H,33,34,38). The van der Waals surface area contributed by atoms with Gasteiger partial charge in [-0.25, -0.2) is 4.98 Å². The summed E-state index contributed by atoms with van der Waals surface area (Å²) in [6.45, 7) is 4.54. The van der Waals surface area contributed by atoms with Gasteiger partial charge < -0.3 is 9.88 Å². The summed E-state index contributed by atoms with van der Waals surface area (Å²) in [5, 5.41) is 1.21. The van der Waals surface area contributed by atoms with Crippen LogP contribution in [0.15, 0.2) is 94.9 Å². The third-order valence-electron chi connectivity index (χ3n) is 7.06. The Kier molecular flexibility index (Phi) is 8.81. The molecule has 2 heterocycles. The van der Waals surface area contributed by atoms with Gasteiger partial charge in [0.1, 0.15) is 0 Å². The normalized spacial score (nSPS) is 14.1. The van der Waals surface area contributed by atoms with Crippen molar-refractivity contribution in [3.05, 3.63) is 128 Å².